The summed E-state index contributed by atoms with van der Waals surface area (Å²) in [5.74, 6) is 0.264. The highest BCUT2D eigenvalue weighted by Crippen LogP contribution is 2.40. The molecule has 0 unspecified atom stereocenters. The molecular weight excluding hydrogens is 274 g/mol. The Morgan fingerprint density at radius 3 is 2.73 bits per heavy atom. The van der Waals surface area contributed by atoms with Crippen molar-refractivity contribution in [1.82, 2.24) is 9.78 Å². The Bertz CT molecular complexity index is 867. The lowest BCUT2D eigenvalue weighted by Crippen LogP contribution is -2.26. The fourth-order valence-electron chi connectivity index (χ4n) is 3.10. The van der Waals surface area contributed by atoms with E-state index in [1.807, 2.05) is 23.7 Å². The second-order valence-corrected chi connectivity index (χ2v) is 5.75. The highest BCUT2D eigenvalue weighted by atomic mass is 16.3. The Morgan fingerprint density at radius 1 is 1.09 bits per heavy atom. The van der Waals surface area contributed by atoms with Crippen molar-refractivity contribution in [3.63, 3.8) is 0 Å². The van der Waals surface area contributed by atoms with Crippen molar-refractivity contribution in [3.05, 3.63) is 65.4 Å². The van der Waals surface area contributed by atoms with Gasteiger partial charge in [-0.3, -0.25) is 0 Å². The fraction of sp³-hybridized carbons (Fsp3) is 0.167. The maximum Gasteiger partial charge on any atom is 0.147 e. The van der Waals surface area contributed by atoms with E-state index in [-0.39, 0.29) is 11.9 Å². The van der Waals surface area contributed by atoms with Crippen LogP contribution in [0.3, 0.4) is 0 Å². The maximum atomic E-state index is 9.79. The zero-order valence-corrected chi connectivity index (χ0v) is 12.5. The Labute approximate surface area is 129 Å². The number of aromatic nitrogens is 2. The average molecular weight is 291 g/mol. The average Bonchev–Trinajstić information content (AvgIpc) is 2.88. The first-order valence-corrected chi connectivity index (χ1v) is 7.35. The summed E-state index contributed by atoms with van der Waals surface area (Å²) in [5, 5.41) is 18.0. The highest BCUT2D eigenvalue weighted by molar-refractivity contribution is 5.81. The first kappa shape index (κ1) is 13.0. The first-order valence-electron chi connectivity index (χ1n) is 7.35. The Kier molecular flexibility index (Phi) is 2.73. The Balaban J connectivity index is 1.94. The molecule has 0 saturated carbocycles. The van der Waals surface area contributed by atoms with Gasteiger partial charge in [0, 0.05) is 16.8 Å². The van der Waals surface area contributed by atoms with Gasteiger partial charge in [0.15, 0.2) is 0 Å². The number of hydrogen-bond acceptors (Lipinski definition) is 3. The Hall–Kier alpha value is -2.75. The van der Waals surface area contributed by atoms with Crippen LogP contribution in [0.25, 0.3) is 11.3 Å². The van der Waals surface area contributed by atoms with E-state index in [0.717, 1.165) is 28.2 Å². The zero-order valence-electron chi connectivity index (χ0n) is 12.5. The van der Waals surface area contributed by atoms with Crippen LogP contribution in [0.4, 0.5) is 5.69 Å². The van der Waals surface area contributed by atoms with E-state index >= 15 is 0 Å². The third-order valence-corrected chi connectivity index (χ3v) is 4.12. The molecule has 110 valence electrons. The minimum atomic E-state index is -0.121. The van der Waals surface area contributed by atoms with Crippen LogP contribution in [0.1, 0.15) is 23.0 Å². The minimum absolute atomic E-state index is 0.121. The number of para-hydroxylation sites is 1. The lowest BCUT2D eigenvalue weighted by Gasteiger charge is -2.30. The molecule has 2 aromatic carbocycles. The molecule has 22 heavy (non-hydrogen) atoms. The van der Waals surface area contributed by atoms with Crippen LogP contribution < -0.4 is 5.32 Å². The zero-order chi connectivity index (χ0) is 15.3. The van der Waals surface area contributed by atoms with Gasteiger partial charge in [-0.15, -0.1) is 0 Å². The largest absolute Gasteiger partial charge is 0.508 e. The molecule has 4 rings (SSSR count). The standard InChI is InChI=1S/C18H17N3O/c1-11-5-3-8-15-16-9-12(2)20-21(16)18(19-17(11)15)13-6-4-7-14(22)10-13/h3-10,18-19,22H,1-2H3/t18-/m1/s1. The molecule has 2 heterocycles. The van der Waals surface area contributed by atoms with Gasteiger partial charge in [0.2, 0.25) is 0 Å². The van der Waals surface area contributed by atoms with E-state index in [0.29, 0.717) is 0 Å². The second-order valence-electron chi connectivity index (χ2n) is 5.75. The summed E-state index contributed by atoms with van der Waals surface area (Å²) >= 11 is 0. The van der Waals surface area contributed by atoms with E-state index < -0.39 is 0 Å². The molecule has 1 aromatic heterocycles. The number of rotatable bonds is 1. The van der Waals surface area contributed by atoms with Crippen LogP contribution in [0.5, 0.6) is 5.75 Å². The molecule has 4 nitrogen and oxygen atoms in total. The van der Waals surface area contributed by atoms with Crippen LogP contribution in [-0.4, -0.2) is 14.9 Å². The number of nitrogens with one attached hydrogen (secondary N) is 1. The van der Waals surface area contributed by atoms with Crippen LogP contribution in [0.2, 0.25) is 0 Å². The van der Waals surface area contributed by atoms with E-state index in [9.17, 15) is 5.11 Å². The summed E-state index contributed by atoms with van der Waals surface area (Å²) in [6.07, 6.45) is -0.121. The number of phenols is 1. The summed E-state index contributed by atoms with van der Waals surface area (Å²) in [6, 6.07) is 15.7. The molecule has 3 aromatic rings. The molecule has 0 saturated heterocycles. The van der Waals surface area contributed by atoms with Gasteiger partial charge >= 0.3 is 0 Å². The number of hydrogen-bond donors (Lipinski definition) is 2. The summed E-state index contributed by atoms with van der Waals surface area (Å²) in [4.78, 5) is 0. The number of aryl methyl sites for hydroxylation is 2. The molecule has 0 fully saturated rings. The highest BCUT2D eigenvalue weighted by Gasteiger charge is 2.27. The second kappa shape index (κ2) is 4.63. The van der Waals surface area contributed by atoms with Crippen molar-refractivity contribution in [2.75, 3.05) is 5.32 Å². The first-order chi connectivity index (χ1) is 10.6. The van der Waals surface area contributed by atoms with Crippen LogP contribution in [0.15, 0.2) is 48.5 Å². The molecule has 0 aliphatic carbocycles. The summed E-state index contributed by atoms with van der Waals surface area (Å²) < 4.78 is 1.99. The van der Waals surface area contributed by atoms with Gasteiger partial charge in [0.1, 0.15) is 11.9 Å². The van der Waals surface area contributed by atoms with Crippen molar-refractivity contribution in [2.45, 2.75) is 20.0 Å². The van der Waals surface area contributed by atoms with E-state index in [1.54, 1.807) is 12.1 Å². The number of fused-ring (bicyclic) bond motifs is 3. The smallest absolute Gasteiger partial charge is 0.147 e. The number of nitrogens with zero attached hydrogens (tertiary/aromatic N) is 2. The third-order valence-electron chi connectivity index (χ3n) is 4.12. The summed E-state index contributed by atoms with van der Waals surface area (Å²) in [5.41, 5.74) is 6.56. The van der Waals surface area contributed by atoms with Gasteiger partial charge in [0.05, 0.1) is 11.4 Å². The van der Waals surface area contributed by atoms with Crippen LogP contribution in [-0.2, 0) is 0 Å². The summed E-state index contributed by atoms with van der Waals surface area (Å²) in [7, 11) is 0. The number of aromatic hydroxyl groups is 1. The molecule has 1 aliphatic heterocycles. The van der Waals surface area contributed by atoms with Gasteiger partial charge in [-0.2, -0.15) is 5.10 Å². The lowest BCUT2D eigenvalue weighted by atomic mass is 10.0. The fourth-order valence-corrected chi connectivity index (χ4v) is 3.10. The molecule has 2 N–H and O–H groups in total. The van der Waals surface area contributed by atoms with Crippen LogP contribution in [0, 0.1) is 13.8 Å². The molecule has 0 spiro atoms. The van der Waals surface area contributed by atoms with Crippen LogP contribution >= 0.6 is 0 Å². The Morgan fingerprint density at radius 2 is 1.91 bits per heavy atom. The van der Waals surface area contributed by atoms with Gasteiger partial charge in [0.25, 0.3) is 0 Å². The molecule has 0 bridgehead atoms. The molecule has 0 radical (unpaired) electrons. The number of phenolic OH excluding ortho intramolecular Hbond substituents is 1. The SMILES string of the molecule is Cc1cc2n(n1)[C@H](c1cccc(O)c1)Nc1c(C)cccc1-2. The normalized spacial score (nSPS) is 15.8. The maximum absolute atomic E-state index is 9.79. The van der Waals surface area contributed by atoms with Gasteiger partial charge in [-0.25, -0.2) is 4.68 Å². The van der Waals surface area contributed by atoms with E-state index in [2.05, 4.69) is 41.6 Å². The van der Waals surface area contributed by atoms with Crippen molar-refractivity contribution < 1.29 is 5.11 Å². The predicted molar refractivity (Wildman–Crippen MR) is 87.0 cm³/mol. The lowest BCUT2D eigenvalue weighted by molar-refractivity contribution is 0.472. The topological polar surface area (TPSA) is 50.1 Å². The van der Waals surface area contributed by atoms with Crippen molar-refractivity contribution in [2.24, 2.45) is 0 Å². The molecule has 0 amide bonds. The van der Waals surface area contributed by atoms with E-state index in [1.165, 1.54) is 5.56 Å². The van der Waals surface area contributed by atoms with Gasteiger partial charge in [-0.1, -0.05) is 30.3 Å². The molecular formula is C18H17N3O. The van der Waals surface area contributed by atoms with Crippen molar-refractivity contribution in [1.29, 1.82) is 0 Å². The van der Waals surface area contributed by atoms with E-state index in [4.69, 9.17) is 0 Å². The van der Waals surface area contributed by atoms with Gasteiger partial charge < -0.3 is 10.4 Å². The van der Waals surface area contributed by atoms with Gasteiger partial charge in [-0.05, 0) is 37.6 Å². The third kappa shape index (κ3) is 1.88. The monoisotopic (exact) mass is 291 g/mol. The quantitative estimate of drug-likeness (QED) is 0.716. The molecule has 1 atom stereocenters. The number of anilines is 1. The predicted octanol–water partition coefficient (Wildman–Crippen LogP) is 3.84. The molecule has 1 aliphatic rings. The number of benzene rings is 2. The van der Waals surface area contributed by atoms with Crippen molar-refractivity contribution in [3.8, 4) is 17.0 Å². The summed E-state index contributed by atoms with van der Waals surface area (Å²) in [6.45, 7) is 4.10. The minimum Gasteiger partial charge on any atom is -0.508 e. The molecule has 4 heteroatoms. The van der Waals surface area contributed by atoms with Crippen molar-refractivity contribution >= 4 is 5.69 Å².